The monoisotopic (exact) mass is 328 g/mol. The molecule has 0 unspecified atom stereocenters. The minimum absolute atomic E-state index is 0.124. The number of hydrogen-bond acceptors (Lipinski definition) is 3. The second-order valence-corrected chi connectivity index (χ2v) is 4.46. The first-order valence-electron chi connectivity index (χ1n) is 4.62. The van der Waals surface area contributed by atoms with Crippen LogP contribution < -0.4 is 4.74 Å². The summed E-state index contributed by atoms with van der Waals surface area (Å²) in [6.45, 7) is 0. The molecule has 0 aliphatic heterocycles. The van der Waals surface area contributed by atoms with Gasteiger partial charge in [0.15, 0.2) is 6.29 Å². The number of methoxy groups -OCH3 is 1. The van der Waals surface area contributed by atoms with Crippen LogP contribution in [0.3, 0.4) is 0 Å². The van der Waals surface area contributed by atoms with E-state index < -0.39 is 0 Å². The number of carbonyl (C=O) groups excluding carboxylic acids is 1. The van der Waals surface area contributed by atoms with Crippen LogP contribution in [0.2, 0.25) is 0 Å². The molecule has 0 aliphatic carbocycles. The number of ether oxygens (including phenoxy) is 1. The molecule has 82 valence electrons. The smallest absolute Gasteiger partial charge is 0.150 e. The molecule has 3 nitrogen and oxygen atoms in total. The first-order chi connectivity index (χ1) is 7.69. The summed E-state index contributed by atoms with van der Waals surface area (Å²) in [4.78, 5) is 10.9. The third-order valence-corrected chi connectivity index (χ3v) is 3.31. The number of hydrogen-bond donors (Lipinski definition) is 1. The Labute approximate surface area is 106 Å². The first-order valence-corrected chi connectivity index (χ1v) is 5.70. The van der Waals surface area contributed by atoms with E-state index in [1.54, 1.807) is 25.3 Å². The molecule has 2 rings (SSSR count). The van der Waals surface area contributed by atoms with Crippen LogP contribution in [0.25, 0.3) is 10.8 Å². The Morgan fingerprint density at radius 1 is 1.31 bits per heavy atom. The van der Waals surface area contributed by atoms with Gasteiger partial charge in [-0.3, -0.25) is 4.79 Å². The van der Waals surface area contributed by atoms with Crippen molar-refractivity contribution in [1.29, 1.82) is 0 Å². The highest BCUT2D eigenvalue weighted by molar-refractivity contribution is 14.1. The Hall–Kier alpha value is -1.30. The molecule has 1 N–H and O–H groups in total. The molecule has 16 heavy (non-hydrogen) atoms. The normalized spacial score (nSPS) is 10.4. The van der Waals surface area contributed by atoms with Gasteiger partial charge in [-0.2, -0.15) is 0 Å². The molecule has 2 aromatic carbocycles. The molecule has 0 amide bonds. The molecule has 0 radical (unpaired) electrons. The minimum atomic E-state index is 0.124. The van der Waals surface area contributed by atoms with Gasteiger partial charge in [-0.1, -0.05) is 0 Å². The van der Waals surface area contributed by atoms with Gasteiger partial charge in [-0.05, 0) is 46.9 Å². The molecule has 0 atom stereocenters. The van der Waals surface area contributed by atoms with Crippen molar-refractivity contribution < 1.29 is 14.6 Å². The SMILES string of the molecule is COc1ccc(C=O)c2c(O)c(I)ccc12. The standard InChI is InChI=1S/C12H9IO3/c1-16-10-5-2-7(6-14)11-8(10)3-4-9(13)12(11)15/h2-6,15H,1H3. The average molecular weight is 328 g/mol. The summed E-state index contributed by atoms with van der Waals surface area (Å²) >= 11 is 2.02. The highest BCUT2D eigenvalue weighted by atomic mass is 127. The van der Waals surface area contributed by atoms with Gasteiger partial charge >= 0.3 is 0 Å². The summed E-state index contributed by atoms with van der Waals surface area (Å²) in [5.74, 6) is 0.770. The maximum atomic E-state index is 10.9. The van der Waals surface area contributed by atoms with Crippen molar-refractivity contribution in [2.24, 2.45) is 0 Å². The maximum Gasteiger partial charge on any atom is 0.150 e. The van der Waals surface area contributed by atoms with E-state index in [9.17, 15) is 9.90 Å². The summed E-state index contributed by atoms with van der Waals surface area (Å²) in [6, 6.07) is 6.99. The largest absolute Gasteiger partial charge is 0.506 e. The summed E-state index contributed by atoms with van der Waals surface area (Å²) in [7, 11) is 1.56. The lowest BCUT2D eigenvalue weighted by Gasteiger charge is -2.09. The quantitative estimate of drug-likeness (QED) is 0.681. The van der Waals surface area contributed by atoms with E-state index in [1.807, 2.05) is 28.7 Å². The van der Waals surface area contributed by atoms with Crippen molar-refractivity contribution >= 4 is 39.6 Å². The highest BCUT2D eigenvalue weighted by Gasteiger charge is 2.12. The summed E-state index contributed by atoms with van der Waals surface area (Å²) in [5, 5.41) is 11.3. The predicted molar refractivity (Wildman–Crippen MR) is 70.3 cm³/mol. The fourth-order valence-corrected chi connectivity index (χ4v) is 2.13. The van der Waals surface area contributed by atoms with Crippen molar-refractivity contribution in [2.45, 2.75) is 0 Å². The number of aromatic hydroxyl groups is 1. The lowest BCUT2D eigenvalue weighted by atomic mass is 10.0. The first kappa shape index (κ1) is 11.2. The molecule has 0 fully saturated rings. The second-order valence-electron chi connectivity index (χ2n) is 3.29. The van der Waals surface area contributed by atoms with Crippen LogP contribution in [0.5, 0.6) is 11.5 Å². The van der Waals surface area contributed by atoms with E-state index in [4.69, 9.17) is 4.74 Å². The van der Waals surface area contributed by atoms with Crippen molar-refractivity contribution in [2.75, 3.05) is 7.11 Å². The third kappa shape index (κ3) is 1.63. The molecule has 0 saturated carbocycles. The van der Waals surface area contributed by atoms with Gasteiger partial charge in [0.2, 0.25) is 0 Å². The molecule has 4 heteroatoms. The molecule has 0 spiro atoms. The van der Waals surface area contributed by atoms with E-state index in [0.29, 0.717) is 20.3 Å². The highest BCUT2D eigenvalue weighted by Crippen LogP contribution is 2.36. The summed E-state index contributed by atoms with van der Waals surface area (Å²) < 4.78 is 5.90. The van der Waals surface area contributed by atoms with Gasteiger partial charge in [0.25, 0.3) is 0 Å². The molecule has 0 heterocycles. The fourth-order valence-electron chi connectivity index (χ4n) is 1.68. The molecule has 0 bridgehead atoms. The second kappa shape index (κ2) is 4.29. The van der Waals surface area contributed by atoms with E-state index in [-0.39, 0.29) is 5.75 Å². The van der Waals surface area contributed by atoms with E-state index in [1.165, 1.54) is 0 Å². The van der Waals surface area contributed by atoms with Gasteiger partial charge in [0.1, 0.15) is 11.5 Å². The van der Waals surface area contributed by atoms with Crippen LogP contribution in [0.4, 0.5) is 0 Å². The Morgan fingerprint density at radius 2 is 2.06 bits per heavy atom. The zero-order chi connectivity index (χ0) is 11.7. The van der Waals surface area contributed by atoms with Gasteiger partial charge in [-0.15, -0.1) is 0 Å². The summed E-state index contributed by atoms with van der Waals surface area (Å²) in [6.07, 6.45) is 0.734. The molecule has 0 aromatic heterocycles. The number of halogens is 1. The van der Waals surface area contributed by atoms with Crippen LogP contribution in [-0.2, 0) is 0 Å². The van der Waals surface area contributed by atoms with Gasteiger partial charge in [0.05, 0.1) is 10.7 Å². The van der Waals surface area contributed by atoms with Gasteiger partial charge < -0.3 is 9.84 Å². The number of benzene rings is 2. The van der Waals surface area contributed by atoms with Crippen molar-refractivity contribution in [3.63, 3.8) is 0 Å². The fraction of sp³-hybridized carbons (Fsp3) is 0.0833. The van der Waals surface area contributed by atoms with Gasteiger partial charge in [0, 0.05) is 16.3 Å². The van der Waals surface area contributed by atoms with Crippen LogP contribution in [0.15, 0.2) is 24.3 Å². The number of rotatable bonds is 2. The Bertz CT molecular complexity index is 564. The topological polar surface area (TPSA) is 46.5 Å². The van der Waals surface area contributed by atoms with Gasteiger partial charge in [-0.25, -0.2) is 0 Å². The molecule has 0 aliphatic rings. The number of carbonyl (C=O) groups is 1. The van der Waals surface area contributed by atoms with E-state index in [0.717, 1.165) is 11.7 Å². The number of fused-ring (bicyclic) bond motifs is 1. The van der Waals surface area contributed by atoms with Crippen LogP contribution in [-0.4, -0.2) is 18.5 Å². The number of aldehydes is 1. The molecule has 0 saturated heterocycles. The van der Waals surface area contributed by atoms with Crippen molar-refractivity contribution in [1.82, 2.24) is 0 Å². The Balaban J connectivity index is 2.96. The molecule has 2 aromatic rings. The molecular weight excluding hydrogens is 319 g/mol. The van der Waals surface area contributed by atoms with Crippen LogP contribution in [0, 0.1) is 3.57 Å². The zero-order valence-electron chi connectivity index (χ0n) is 8.53. The van der Waals surface area contributed by atoms with Crippen molar-refractivity contribution in [3.8, 4) is 11.5 Å². The lowest BCUT2D eigenvalue weighted by Crippen LogP contribution is -1.90. The van der Waals surface area contributed by atoms with Crippen LogP contribution >= 0.6 is 22.6 Å². The predicted octanol–water partition coefficient (Wildman–Crippen LogP) is 2.97. The number of phenols is 1. The van der Waals surface area contributed by atoms with Crippen molar-refractivity contribution in [3.05, 3.63) is 33.4 Å². The minimum Gasteiger partial charge on any atom is -0.506 e. The average Bonchev–Trinajstić information content (AvgIpc) is 2.32. The van der Waals surface area contributed by atoms with E-state index in [2.05, 4.69) is 0 Å². The zero-order valence-corrected chi connectivity index (χ0v) is 10.7. The van der Waals surface area contributed by atoms with E-state index >= 15 is 0 Å². The lowest BCUT2D eigenvalue weighted by molar-refractivity contribution is 0.112. The van der Waals surface area contributed by atoms with Crippen LogP contribution in [0.1, 0.15) is 10.4 Å². The summed E-state index contributed by atoms with van der Waals surface area (Å²) in [5.41, 5.74) is 0.465. The Kier molecular flexibility index (Phi) is 3.00. The Morgan fingerprint density at radius 3 is 2.69 bits per heavy atom. The molecular formula is C12H9IO3. The third-order valence-electron chi connectivity index (χ3n) is 2.44. The number of phenolic OH excluding ortho intramolecular Hbond substituents is 1. The maximum absolute atomic E-state index is 10.9.